The predicted octanol–water partition coefficient (Wildman–Crippen LogP) is 6.59. The molecule has 3 aromatic carbocycles. The molecule has 1 heterocycles. The van der Waals surface area contributed by atoms with Gasteiger partial charge in [0.05, 0.1) is 22.3 Å². The van der Waals surface area contributed by atoms with Gasteiger partial charge in [-0.15, -0.1) is 5.10 Å². The van der Waals surface area contributed by atoms with Crippen molar-refractivity contribution in [3.05, 3.63) is 86.3 Å². The first-order valence-electron chi connectivity index (χ1n) is 11.2. The van der Waals surface area contributed by atoms with Crippen LogP contribution in [0.5, 0.6) is 11.5 Å². The summed E-state index contributed by atoms with van der Waals surface area (Å²) in [5.74, 6) is 2.16. The summed E-state index contributed by atoms with van der Waals surface area (Å²) >= 11 is 17.4. The van der Waals surface area contributed by atoms with Gasteiger partial charge in [-0.1, -0.05) is 75.2 Å². The van der Waals surface area contributed by atoms with Crippen LogP contribution in [-0.2, 0) is 13.2 Å². The van der Waals surface area contributed by atoms with Crippen LogP contribution in [0.25, 0.3) is 5.69 Å². The van der Waals surface area contributed by atoms with Crippen molar-refractivity contribution >= 4 is 50.9 Å². The second-order valence-corrected chi connectivity index (χ2v) is 10.3. The van der Waals surface area contributed by atoms with Gasteiger partial charge in [-0.25, -0.2) is 0 Å². The van der Waals surface area contributed by atoms with E-state index in [4.69, 9.17) is 32.7 Å². The summed E-state index contributed by atoms with van der Waals surface area (Å²) in [4.78, 5) is 0. The summed E-state index contributed by atoms with van der Waals surface area (Å²) < 4.78 is 14.6. The molecule has 0 unspecified atom stereocenters. The van der Waals surface area contributed by atoms with E-state index in [0.717, 1.165) is 38.7 Å². The first-order chi connectivity index (χ1) is 17.5. The third kappa shape index (κ3) is 7.14. The Labute approximate surface area is 232 Å². The lowest BCUT2D eigenvalue weighted by molar-refractivity contribution is 0.269. The van der Waals surface area contributed by atoms with Gasteiger partial charge in [-0.3, -0.25) is 0 Å². The lowest BCUT2D eigenvalue weighted by Gasteiger charge is -2.16. The zero-order valence-electron chi connectivity index (χ0n) is 19.5. The van der Waals surface area contributed by atoms with E-state index in [9.17, 15) is 0 Å². The second-order valence-electron chi connectivity index (χ2n) is 7.59. The fourth-order valence-electron chi connectivity index (χ4n) is 3.32. The molecular weight excluding hydrogens is 585 g/mol. The van der Waals surface area contributed by atoms with Gasteiger partial charge < -0.3 is 14.8 Å². The van der Waals surface area contributed by atoms with Crippen molar-refractivity contribution < 1.29 is 9.47 Å². The molecule has 11 heteroatoms. The molecule has 1 aromatic heterocycles. The highest BCUT2D eigenvalue weighted by molar-refractivity contribution is 9.10. The number of nitrogens with zero attached hydrogens (tertiary/aromatic N) is 4. The van der Waals surface area contributed by atoms with Crippen molar-refractivity contribution in [2.75, 3.05) is 18.9 Å². The first kappa shape index (κ1) is 26.8. The fourth-order valence-corrected chi connectivity index (χ4v) is 4.89. The number of rotatable bonds is 12. The molecular formula is C25H24BrCl2N5O2S. The molecule has 0 fully saturated rings. The highest BCUT2D eigenvalue weighted by atomic mass is 79.9. The maximum atomic E-state index is 6.12. The molecule has 0 saturated heterocycles. The number of tetrazole rings is 1. The number of aromatic nitrogens is 4. The normalized spacial score (nSPS) is 11.0. The second kappa shape index (κ2) is 13.3. The summed E-state index contributed by atoms with van der Waals surface area (Å²) in [6, 6.07) is 19.2. The number of halogens is 3. The van der Waals surface area contributed by atoms with Crippen molar-refractivity contribution in [2.45, 2.75) is 25.2 Å². The van der Waals surface area contributed by atoms with E-state index in [0.29, 0.717) is 41.3 Å². The Morgan fingerprint density at radius 1 is 1.00 bits per heavy atom. The number of hydrogen-bond acceptors (Lipinski definition) is 7. The van der Waals surface area contributed by atoms with Crippen LogP contribution in [0.4, 0.5) is 0 Å². The number of thioether (sulfide) groups is 1. The number of nitrogens with one attached hydrogen (secondary N) is 1. The monoisotopic (exact) mass is 607 g/mol. The number of ether oxygens (including phenoxy) is 2. The molecule has 0 aliphatic carbocycles. The summed E-state index contributed by atoms with van der Waals surface area (Å²) in [7, 11) is 0. The van der Waals surface area contributed by atoms with Gasteiger partial charge in [0.25, 0.3) is 0 Å². The quantitative estimate of drug-likeness (QED) is 0.144. The number of hydrogen-bond donors (Lipinski definition) is 1. The van der Waals surface area contributed by atoms with Gasteiger partial charge in [0, 0.05) is 23.3 Å². The van der Waals surface area contributed by atoms with Gasteiger partial charge in [0.1, 0.15) is 6.61 Å². The standard InChI is InChI=1S/C25H24BrCl2N5O2S/c1-2-34-23-13-18(20(26)14-24(23)35-16-17-8-9-21(27)22(28)12-17)15-29-10-11-36-25-30-31-32-33(25)19-6-4-3-5-7-19/h3-9,12-14,29H,2,10-11,15-16H2,1H3. The van der Waals surface area contributed by atoms with E-state index < -0.39 is 0 Å². The SMILES string of the molecule is CCOc1cc(CNCCSc2nnnn2-c2ccccc2)c(Br)cc1OCc1ccc(Cl)c(Cl)c1. The van der Waals surface area contributed by atoms with Crippen molar-refractivity contribution in [1.82, 2.24) is 25.5 Å². The van der Waals surface area contributed by atoms with E-state index in [2.05, 4.69) is 36.8 Å². The van der Waals surface area contributed by atoms with Gasteiger partial charge in [0.15, 0.2) is 11.5 Å². The Kier molecular flexibility index (Phi) is 9.89. The van der Waals surface area contributed by atoms with Crippen LogP contribution in [0.3, 0.4) is 0 Å². The summed E-state index contributed by atoms with van der Waals surface area (Å²) in [6.07, 6.45) is 0. The van der Waals surface area contributed by atoms with Crippen LogP contribution >= 0.6 is 50.9 Å². The highest BCUT2D eigenvalue weighted by Crippen LogP contribution is 2.35. The Morgan fingerprint density at radius 2 is 1.81 bits per heavy atom. The Hall–Kier alpha value is -2.30. The molecule has 0 bridgehead atoms. The Bertz CT molecular complexity index is 1290. The average Bonchev–Trinajstić information content (AvgIpc) is 3.35. The lowest BCUT2D eigenvalue weighted by atomic mass is 10.2. The van der Waals surface area contributed by atoms with Crippen LogP contribution in [-0.4, -0.2) is 39.1 Å². The third-order valence-corrected chi connectivity index (χ3v) is 7.46. The van der Waals surface area contributed by atoms with Crippen LogP contribution in [0.2, 0.25) is 10.0 Å². The van der Waals surface area contributed by atoms with E-state index in [1.165, 1.54) is 0 Å². The molecule has 0 atom stereocenters. The summed E-state index contributed by atoms with van der Waals surface area (Å²) in [5.41, 5.74) is 2.93. The van der Waals surface area contributed by atoms with Crippen molar-refractivity contribution in [3.63, 3.8) is 0 Å². The Morgan fingerprint density at radius 3 is 2.58 bits per heavy atom. The van der Waals surface area contributed by atoms with E-state index >= 15 is 0 Å². The molecule has 4 aromatic rings. The minimum Gasteiger partial charge on any atom is -0.490 e. The molecule has 1 N–H and O–H groups in total. The minimum atomic E-state index is 0.348. The maximum absolute atomic E-state index is 6.12. The van der Waals surface area contributed by atoms with E-state index in [1.54, 1.807) is 28.6 Å². The molecule has 36 heavy (non-hydrogen) atoms. The molecule has 0 spiro atoms. The molecule has 4 rings (SSSR count). The summed E-state index contributed by atoms with van der Waals surface area (Å²) in [6.45, 7) is 4.27. The lowest BCUT2D eigenvalue weighted by Crippen LogP contribution is -2.17. The van der Waals surface area contributed by atoms with Crippen LogP contribution in [0.1, 0.15) is 18.1 Å². The molecule has 0 aliphatic heterocycles. The van der Waals surface area contributed by atoms with Crippen molar-refractivity contribution in [1.29, 1.82) is 0 Å². The fraction of sp³-hybridized carbons (Fsp3) is 0.240. The summed E-state index contributed by atoms with van der Waals surface area (Å²) in [5, 5.41) is 17.3. The highest BCUT2D eigenvalue weighted by Gasteiger charge is 2.13. The van der Waals surface area contributed by atoms with Crippen LogP contribution in [0, 0.1) is 0 Å². The smallest absolute Gasteiger partial charge is 0.214 e. The molecule has 0 saturated carbocycles. The van der Waals surface area contributed by atoms with Gasteiger partial charge >= 0.3 is 0 Å². The minimum absolute atomic E-state index is 0.348. The number of benzene rings is 3. The molecule has 0 aliphatic rings. The van der Waals surface area contributed by atoms with Gasteiger partial charge in [-0.2, -0.15) is 4.68 Å². The van der Waals surface area contributed by atoms with Gasteiger partial charge in [-0.05, 0) is 64.9 Å². The average molecular weight is 609 g/mol. The molecule has 188 valence electrons. The molecule has 7 nitrogen and oxygen atoms in total. The number of para-hydroxylation sites is 1. The van der Waals surface area contributed by atoms with Crippen LogP contribution < -0.4 is 14.8 Å². The van der Waals surface area contributed by atoms with E-state index in [1.807, 2.05) is 55.5 Å². The van der Waals surface area contributed by atoms with Crippen molar-refractivity contribution in [3.8, 4) is 17.2 Å². The largest absolute Gasteiger partial charge is 0.490 e. The van der Waals surface area contributed by atoms with E-state index in [-0.39, 0.29) is 0 Å². The molecule has 0 amide bonds. The zero-order valence-corrected chi connectivity index (χ0v) is 23.4. The maximum Gasteiger partial charge on any atom is 0.214 e. The molecule has 0 radical (unpaired) electrons. The Balaban J connectivity index is 1.32. The van der Waals surface area contributed by atoms with Crippen LogP contribution in [0.15, 0.2) is 70.3 Å². The first-order valence-corrected chi connectivity index (χ1v) is 13.8. The van der Waals surface area contributed by atoms with Gasteiger partial charge in [0.2, 0.25) is 5.16 Å². The predicted molar refractivity (Wildman–Crippen MR) is 148 cm³/mol. The third-order valence-electron chi connectivity index (χ3n) is 5.06. The zero-order chi connectivity index (χ0) is 25.3. The van der Waals surface area contributed by atoms with Crippen molar-refractivity contribution in [2.24, 2.45) is 0 Å². The topological polar surface area (TPSA) is 74.1 Å².